The van der Waals surface area contributed by atoms with Gasteiger partial charge in [0.2, 0.25) is 0 Å². The van der Waals surface area contributed by atoms with Gasteiger partial charge in [-0.15, -0.1) is 6.07 Å². The van der Waals surface area contributed by atoms with Crippen LogP contribution in [0.15, 0.2) is 18.2 Å². The summed E-state index contributed by atoms with van der Waals surface area (Å²) in [6, 6.07) is 8.11. The Labute approximate surface area is 104 Å². The Bertz CT molecular complexity index is 220. The first-order valence-electron chi connectivity index (χ1n) is 3.13. The molecule has 12 heavy (non-hydrogen) atoms. The van der Waals surface area contributed by atoms with Gasteiger partial charge < -0.3 is 21.7 Å². The first-order chi connectivity index (χ1) is 4.84. The van der Waals surface area contributed by atoms with Crippen molar-refractivity contribution >= 4 is 34.7 Å². The van der Waals surface area contributed by atoms with Gasteiger partial charge in [0.05, 0.1) is 6.61 Å². The average Bonchev–Trinajstić information content (AvgIpc) is 1.94. The standard InChI is InChI=1S/C8H8ClO.BrH.Mg/c1-2-10-8-6-4-3-5-7(8)9;;/h4-6H,2H2,1H3;1H;/q-1;;+2/p-1. The van der Waals surface area contributed by atoms with Crippen LogP contribution in [0.25, 0.3) is 0 Å². The number of benzene rings is 1. The van der Waals surface area contributed by atoms with Crippen LogP contribution in [-0.4, -0.2) is 29.7 Å². The molecule has 62 valence electrons. The molecule has 4 heteroatoms. The molecule has 1 aromatic rings. The van der Waals surface area contributed by atoms with Gasteiger partial charge in [0.15, 0.2) is 0 Å². The number of ether oxygens (including phenoxy) is 1. The third kappa shape index (κ3) is 4.55. The molecule has 0 aromatic heterocycles. The maximum atomic E-state index is 5.75. The van der Waals surface area contributed by atoms with Gasteiger partial charge >= 0.3 is 23.1 Å². The van der Waals surface area contributed by atoms with E-state index in [-0.39, 0.29) is 40.0 Å². The van der Waals surface area contributed by atoms with E-state index in [1.807, 2.05) is 6.92 Å². The summed E-state index contributed by atoms with van der Waals surface area (Å²) in [5, 5.41) is 0.615. The molecule has 0 aliphatic carbocycles. The van der Waals surface area contributed by atoms with Crippen LogP contribution in [0.3, 0.4) is 0 Å². The largest absolute Gasteiger partial charge is 2.00 e. The third-order valence-electron chi connectivity index (χ3n) is 1.08. The molecule has 1 nitrogen and oxygen atoms in total. The molecule has 0 unspecified atom stereocenters. The molecule has 0 saturated heterocycles. The van der Waals surface area contributed by atoms with Crippen LogP contribution >= 0.6 is 11.6 Å². The van der Waals surface area contributed by atoms with Gasteiger partial charge in [-0.05, 0) is 11.9 Å². The topological polar surface area (TPSA) is 9.23 Å². The quantitative estimate of drug-likeness (QED) is 0.497. The molecule has 0 bridgehead atoms. The fourth-order valence-corrected chi connectivity index (χ4v) is 0.849. The van der Waals surface area contributed by atoms with Gasteiger partial charge in [-0.3, -0.25) is 0 Å². The van der Waals surface area contributed by atoms with Gasteiger partial charge in [-0.25, -0.2) is 0 Å². The van der Waals surface area contributed by atoms with Crippen molar-refractivity contribution in [1.82, 2.24) is 0 Å². The summed E-state index contributed by atoms with van der Waals surface area (Å²) in [6.07, 6.45) is 0. The van der Waals surface area contributed by atoms with Crippen molar-refractivity contribution in [2.75, 3.05) is 6.61 Å². The molecule has 0 amide bonds. The van der Waals surface area contributed by atoms with E-state index in [4.69, 9.17) is 16.3 Å². The monoisotopic (exact) mass is 258 g/mol. The van der Waals surface area contributed by atoms with Gasteiger partial charge in [-0.2, -0.15) is 29.8 Å². The van der Waals surface area contributed by atoms with E-state index >= 15 is 0 Å². The predicted octanol–water partition coefficient (Wildman–Crippen LogP) is -0.838. The second-order valence-electron chi connectivity index (χ2n) is 1.79. The molecule has 0 aliphatic rings. The first kappa shape index (κ1) is 15.0. The fourth-order valence-electron chi connectivity index (χ4n) is 0.668. The smallest absolute Gasteiger partial charge is 1.00 e. The second kappa shape index (κ2) is 8.17. The van der Waals surface area contributed by atoms with Gasteiger partial charge in [0.1, 0.15) is 0 Å². The third-order valence-corrected chi connectivity index (χ3v) is 1.37. The first-order valence-corrected chi connectivity index (χ1v) is 3.50. The van der Waals surface area contributed by atoms with E-state index in [9.17, 15) is 0 Å². The average molecular weight is 260 g/mol. The molecule has 0 radical (unpaired) electrons. The van der Waals surface area contributed by atoms with Crippen LogP contribution in [0, 0.1) is 6.07 Å². The number of hydrogen-bond acceptors (Lipinski definition) is 1. The number of hydrogen-bond donors (Lipinski definition) is 0. The zero-order valence-corrected chi connectivity index (χ0v) is 10.6. The minimum absolute atomic E-state index is 0. The Kier molecular flexibility index (Phi) is 10.2. The van der Waals surface area contributed by atoms with Crippen LogP contribution in [0.2, 0.25) is 5.02 Å². The van der Waals surface area contributed by atoms with E-state index in [1.165, 1.54) is 0 Å². The fraction of sp³-hybridized carbons (Fsp3) is 0.250. The maximum absolute atomic E-state index is 5.75. The van der Waals surface area contributed by atoms with E-state index in [0.717, 1.165) is 5.75 Å². The van der Waals surface area contributed by atoms with Gasteiger partial charge in [0, 0.05) is 5.75 Å². The van der Waals surface area contributed by atoms with E-state index in [2.05, 4.69) is 6.07 Å². The summed E-state index contributed by atoms with van der Waals surface area (Å²) < 4.78 is 5.18. The Balaban J connectivity index is 0. The SMILES string of the molecule is CCOc1cc[c-]cc1Cl.[Br-].[Mg+2]. The van der Waals surface area contributed by atoms with E-state index < -0.39 is 0 Å². The molecule has 0 heterocycles. The summed E-state index contributed by atoms with van der Waals surface area (Å²) >= 11 is 5.75. The van der Waals surface area contributed by atoms with Crippen LogP contribution in [0.1, 0.15) is 6.92 Å². The van der Waals surface area contributed by atoms with Crippen molar-refractivity contribution in [3.8, 4) is 5.75 Å². The van der Waals surface area contributed by atoms with Crippen LogP contribution in [-0.2, 0) is 0 Å². The van der Waals surface area contributed by atoms with E-state index in [0.29, 0.717) is 11.6 Å². The summed E-state index contributed by atoms with van der Waals surface area (Å²) in [5.74, 6) is 0.725. The van der Waals surface area contributed by atoms with Crippen molar-refractivity contribution in [1.29, 1.82) is 0 Å². The van der Waals surface area contributed by atoms with Crippen molar-refractivity contribution in [2.24, 2.45) is 0 Å². The van der Waals surface area contributed by atoms with Crippen molar-refractivity contribution in [2.45, 2.75) is 6.92 Å². The number of rotatable bonds is 2. The van der Waals surface area contributed by atoms with E-state index in [1.54, 1.807) is 18.2 Å². The van der Waals surface area contributed by atoms with Crippen LogP contribution < -0.4 is 21.7 Å². The molecule has 0 N–H and O–H groups in total. The molecule has 1 rings (SSSR count). The minimum Gasteiger partial charge on any atom is -1.00 e. The molecule has 0 atom stereocenters. The summed E-state index contributed by atoms with van der Waals surface area (Å²) in [5.41, 5.74) is 0. The Morgan fingerprint density at radius 2 is 2.25 bits per heavy atom. The Hall–Kier alpha value is 0.556. The summed E-state index contributed by atoms with van der Waals surface area (Å²) in [7, 11) is 0. The molecule has 1 aromatic carbocycles. The van der Waals surface area contributed by atoms with Gasteiger partial charge in [0.25, 0.3) is 0 Å². The molecule has 0 saturated carbocycles. The second-order valence-corrected chi connectivity index (χ2v) is 2.20. The molecule has 0 fully saturated rings. The minimum atomic E-state index is 0. The van der Waals surface area contributed by atoms with Crippen LogP contribution in [0.4, 0.5) is 0 Å². The van der Waals surface area contributed by atoms with Gasteiger partial charge in [-0.1, -0.05) is 0 Å². The van der Waals surface area contributed by atoms with Crippen molar-refractivity contribution in [3.63, 3.8) is 0 Å². The predicted molar refractivity (Wildman–Crippen MR) is 47.2 cm³/mol. The summed E-state index contributed by atoms with van der Waals surface area (Å²) in [6.45, 7) is 2.57. The molecular formula is C8H8BrClMgO. The zero-order valence-electron chi connectivity index (χ0n) is 6.81. The molecule has 0 aliphatic heterocycles. The Morgan fingerprint density at radius 3 is 2.75 bits per heavy atom. The van der Waals surface area contributed by atoms with Crippen molar-refractivity contribution in [3.05, 3.63) is 29.3 Å². The van der Waals surface area contributed by atoms with Crippen LogP contribution in [0.5, 0.6) is 5.75 Å². The summed E-state index contributed by atoms with van der Waals surface area (Å²) in [4.78, 5) is 0. The number of halogens is 2. The maximum Gasteiger partial charge on any atom is 2.00 e. The van der Waals surface area contributed by atoms with Crippen molar-refractivity contribution < 1.29 is 21.7 Å². The Morgan fingerprint density at radius 1 is 1.58 bits per heavy atom. The normalized spacial score (nSPS) is 7.83. The zero-order chi connectivity index (χ0) is 7.40. The molecule has 0 spiro atoms. The molecular weight excluding hydrogens is 252 g/mol.